The molecule has 1 fully saturated rings. The van der Waals surface area contributed by atoms with Crippen LogP contribution in [-0.4, -0.2) is 50.5 Å². The SMILES string of the molecule is Cc1nc(N2CCOC(Cn3cncn3)C2)c2c(C)c(C)sc2n1. The Hall–Kier alpha value is -2.06. The Morgan fingerprint density at radius 2 is 2.17 bits per heavy atom. The van der Waals surface area contributed by atoms with E-state index in [0.29, 0.717) is 13.2 Å². The van der Waals surface area contributed by atoms with E-state index in [9.17, 15) is 0 Å². The molecule has 126 valence electrons. The molecular formula is C16H20N6OS. The van der Waals surface area contributed by atoms with Gasteiger partial charge in [-0.2, -0.15) is 5.10 Å². The number of morpholine rings is 1. The predicted octanol–water partition coefficient (Wildman–Crippen LogP) is 2.11. The molecular weight excluding hydrogens is 324 g/mol. The second-order valence-electron chi connectivity index (χ2n) is 6.11. The number of thiophene rings is 1. The van der Waals surface area contributed by atoms with E-state index in [1.165, 1.54) is 15.8 Å². The summed E-state index contributed by atoms with van der Waals surface area (Å²) in [6.45, 7) is 9.28. The summed E-state index contributed by atoms with van der Waals surface area (Å²) in [6, 6.07) is 0. The second-order valence-corrected chi connectivity index (χ2v) is 7.32. The van der Waals surface area contributed by atoms with Crippen molar-refractivity contribution < 1.29 is 4.74 Å². The van der Waals surface area contributed by atoms with Crippen molar-refractivity contribution in [2.45, 2.75) is 33.4 Å². The van der Waals surface area contributed by atoms with Crippen LogP contribution in [0.25, 0.3) is 10.2 Å². The van der Waals surface area contributed by atoms with E-state index in [1.54, 1.807) is 24.0 Å². The molecule has 8 heteroatoms. The first-order chi connectivity index (χ1) is 11.6. The van der Waals surface area contributed by atoms with E-state index in [1.807, 2.05) is 11.6 Å². The smallest absolute Gasteiger partial charge is 0.141 e. The number of aryl methyl sites for hydroxylation is 3. The maximum absolute atomic E-state index is 5.91. The molecule has 1 atom stereocenters. The van der Waals surface area contributed by atoms with Gasteiger partial charge in [-0.05, 0) is 26.3 Å². The number of fused-ring (bicyclic) bond motifs is 1. The van der Waals surface area contributed by atoms with E-state index in [2.05, 4.69) is 33.8 Å². The summed E-state index contributed by atoms with van der Waals surface area (Å²) in [4.78, 5) is 18.1. The van der Waals surface area contributed by atoms with Crippen LogP contribution in [0.15, 0.2) is 12.7 Å². The Bertz CT molecular complexity index is 859. The summed E-state index contributed by atoms with van der Waals surface area (Å²) >= 11 is 1.74. The van der Waals surface area contributed by atoms with Gasteiger partial charge in [0.1, 0.15) is 29.1 Å². The fourth-order valence-corrected chi connectivity index (χ4v) is 4.19. The standard InChI is InChI=1S/C16H20N6OS/c1-10-11(2)24-16-14(10)15(19-12(3)20-16)21-4-5-23-13(6-21)7-22-9-17-8-18-22/h8-9,13H,4-7H2,1-3H3. The van der Waals surface area contributed by atoms with Crippen molar-refractivity contribution in [2.75, 3.05) is 24.6 Å². The molecule has 0 aromatic carbocycles. The Labute approximate surface area is 144 Å². The Balaban J connectivity index is 1.66. The highest BCUT2D eigenvalue weighted by atomic mass is 32.1. The second kappa shape index (κ2) is 6.10. The van der Waals surface area contributed by atoms with Gasteiger partial charge >= 0.3 is 0 Å². The van der Waals surface area contributed by atoms with Gasteiger partial charge in [0.15, 0.2) is 0 Å². The van der Waals surface area contributed by atoms with Crippen LogP contribution in [0.1, 0.15) is 16.3 Å². The van der Waals surface area contributed by atoms with Gasteiger partial charge in [0.25, 0.3) is 0 Å². The van der Waals surface area contributed by atoms with Gasteiger partial charge in [-0.3, -0.25) is 4.68 Å². The molecule has 24 heavy (non-hydrogen) atoms. The number of hydrogen-bond donors (Lipinski definition) is 0. The van der Waals surface area contributed by atoms with E-state index in [4.69, 9.17) is 9.72 Å². The first-order valence-corrected chi connectivity index (χ1v) is 8.87. The monoisotopic (exact) mass is 344 g/mol. The minimum atomic E-state index is 0.0748. The molecule has 0 radical (unpaired) electrons. The zero-order valence-electron chi connectivity index (χ0n) is 14.1. The van der Waals surface area contributed by atoms with Gasteiger partial charge in [0, 0.05) is 18.0 Å². The molecule has 0 spiro atoms. The normalized spacial score (nSPS) is 18.5. The lowest BCUT2D eigenvalue weighted by molar-refractivity contribution is 0.0272. The quantitative estimate of drug-likeness (QED) is 0.725. The van der Waals surface area contributed by atoms with Crippen molar-refractivity contribution in [1.29, 1.82) is 0 Å². The highest BCUT2D eigenvalue weighted by molar-refractivity contribution is 7.18. The lowest BCUT2D eigenvalue weighted by Crippen LogP contribution is -2.44. The zero-order valence-corrected chi connectivity index (χ0v) is 14.9. The van der Waals surface area contributed by atoms with Gasteiger partial charge in [0.05, 0.1) is 24.6 Å². The lowest BCUT2D eigenvalue weighted by atomic mass is 10.2. The molecule has 0 aliphatic carbocycles. The van der Waals surface area contributed by atoms with Crippen molar-refractivity contribution in [3.63, 3.8) is 0 Å². The van der Waals surface area contributed by atoms with E-state index in [-0.39, 0.29) is 6.10 Å². The molecule has 0 amide bonds. The fraction of sp³-hybridized carbons (Fsp3) is 0.500. The summed E-state index contributed by atoms with van der Waals surface area (Å²) in [5.74, 6) is 1.85. The summed E-state index contributed by atoms with van der Waals surface area (Å²) < 4.78 is 7.72. The third-order valence-corrected chi connectivity index (χ3v) is 5.52. The number of nitrogens with zero attached hydrogens (tertiary/aromatic N) is 6. The number of aromatic nitrogens is 5. The maximum Gasteiger partial charge on any atom is 0.141 e. The van der Waals surface area contributed by atoms with Gasteiger partial charge in [0.2, 0.25) is 0 Å². The third-order valence-electron chi connectivity index (χ3n) is 4.42. The number of hydrogen-bond acceptors (Lipinski definition) is 7. The van der Waals surface area contributed by atoms with Crippen molar-refractivity contribution in [1.82, 2.24) is 24.7 Å². The predicted molar refractivity (Wildman–Crippen MR) is 93.6 cm³/mol. The molecule has 0 N–H and O–H groups in total. The highest BCUT2D eigenvalue weighted by Crippen LogP contribution is 2.35. The minimum absolute atomic E-state index is 0.0748. The number of anilines is 1. The molecule has 1 saturated heterocycles. The molecule has 1 unspecified atom stereocenters. The van der Waals surface area contributed by atoms with Crippen LogP contribution in [0.4, 0.5) is 5.82 Å². The molecule has 1 aliphatic heterocycles. The Morgan fingerprint density at radius 1 is 1.29 bits per heavy atom. The van der Waals surface area contributed by atoms with Crippen molar-refractivity contribution in [2.24, 2.45) is 0 Å². The first kappa shape index (κ1) is 15.5. The van der Waals surface area contributed by atoms with Crippen LogP contribution >= 0.6 is 11.3 Å². The molecule has 0 bridgehead atoms. The van der Waals surface area contributed by atoms with Crippen molar-refractivity contribution in [3.8, 4) is 0 Å². The van der Waals surface area contributed by atoms with Gasteiger partial charge in [-0.1, -0.05) is 0 Å². The minimum Gasteiger partial charge on any atom is -0.373 e. The van der Waals surface area contributed by atoms with Crippen LogP contribution in [-0.2, 0) is 11.3 Å². The summed E-state index contributed by atoms with van der Waals surface area (Å²) in [5.41, 5.74) is 1.28. The molecule has 3 aromatic heterocycles. The highest BCUT2D eigenvalue weighted by Gasteiger charge is 2.25. The van der Waals surface area contributed by atoms with Crippen LogP contribution in [0.2, 0.25) is 0 Å². The molecule has 1 aliphatic rings. The topological polar surface area (TPSA) is 69.0 Å². The fourth-order valence-electron chi connectivity index (χ4n) is 3.12. The average molecular weight is 344 g/mol. The molecule has 0 saturated carbocycles. The first-order valence-electron chi connectivity index (χ1n) is 8.05. The molecule has 7 nitrogen and oxygen atoms in total. The van der Waals surface area contributed by atoms with Gasteiger partial charge in [-0.25, -0.2) is 15.0 Å². The van der Waals surface area contributed by atoms with Crippen LogP contribution < -0.4 is 4.90 Å². The van der Waals surface area contributed by atoms with Crippen LogP contribution in [0.5, 0.6) is 0 Å². The van der Waals surface area contributed by atoms with E-state index in [0.717, 1.165) is 29.6 Å². The largest absolute Gasteiger partial charge is 0.373 e. The molecule has 4 rings (SSSR count). The number of rotatable bonds is 3. The Kier molecular flexibility index (Phi) is 3.93. The van der Waals surface area contributed by atoms with Crippen molar-refractivity contribution in [3.05, 3.63) is 28.9 Å². The summed E-state index contributed by atoms with van der Waals surface area (Å²) in [7, 11) is 0. The van der Waals surface area contributed by atoms with Gasteiger partial charge < -0.3 is 9.64 Å². The lowest BCUT2D eigenvalue weighted by Gasteiger charge is -2.34. The average Bonchev–Trinajstić information content (AvgIpc) is 3.16. The zero-order chi connectivity index (χ0) is 16.7. The maximum atomic E-state index is 5.91. The summed E-state index contributed by atoms with van der Waals surface area (Å²) in [6.07, 6.45) is 3.35. The van der Waals surface area contributed by atoms with Crippen LogP contribution in [0, 0.1) is 20.8 Å². The Morgan fingerprint density at radius 3 is 2.96 bits per heavy atom. The third kappa shape index (κ3) is 2.76. The summed E-state index contributed by atoms with van der Waals surface area (Å²) in [5, 5.41) is 5.36. The van der Waals surface area contributed by atoms with Crippen LogP contribution in [0.3, 0.4) is 0 Å². The van der Waals surface area contributed by atoms with E-state index < -0.39 is 0 Å². The molecule has 3 aromatic rings. The van der Waals surface area contributed by atoms with Crippen molar-refractivity contribution >= 4 is 27.4 Å². The molecule has 4 heterocycles. The number of ether oxygens (including phenoxy) is 1. The van der Waals surface area contributed by atoms with E-state index >= 15 is 0 Å². The van der Waals surface area contributed by atoms with Gasteiger partial charge in [-0.15, -0.1) is 11.3 Å².